The van der Waals surface area contributed by atoms with Crippen LogP contribution in [-0.2, 0) is 14.8 Å². The molecule has 1 atom stereocenters. The van der Waals surface area contributed by atoms with Crippen LogP contribution < -0.4 is 10.3 Å². The van der Waals surface area contributed by atoms with E-state index in [9.17, 15) is 17.6 Å². The van der Waals surface area contributed by atoms with Gasteiger partial charge in [-0.2, -0.15) is 0 Å². The molecule has 1 heterocycles. The molecule has 1 aromatic heterocycles. The molecule has 0 radical (unpaired) electrons. The van der Waals surface area contributed by atoms with Gasteiger partial charge in [0.1, 0.15) is 5.82 Å². The molecule has 1 saturated carbocycles. The standard InChI is InChI=1S/C22H28ClFN2O4S/c1-15-10-18(23)13-26(22(15)27)20(12-25-31(2,28)29)14-30-21-8-6-16(7-9-21)17-4-3-5-19(24)11-17/h3-5,10-11,13,16,20-21,25H,6-9,12,14H2,1-2H3/t16-,20-,21+/m1/s1. The molecule has 0 amide bonds. The Labute approximate surface area is 187 Å². The maximum Gasteiger partial charge on any atom is 0.253 e. The maximum atomic E-state index is 13.5. The number of benzene rings is 1. The number of ether oxygens (including phenoxy) is 1. The van der Waals surface area contributed by atoms with Crippen molar-refractivity contribution in [1.82, 2.24) is 9.29 Å². The third kappa shape index (κ3) is 6.87. The summed E-state index contributed by atoms with van der Waals surface area (Å²) in [5.41, 5.74) is 1.25. The smallest absolute Gasteiger partial charge is 0.253 e. The molecule has 1 fully saturated rings. The van der Waals surface area contributed by atoms with Crippen LogP contribution in [0.5, 0.6) is 0 Å². The van der Waals surface area contributed by atoms with Gasteiger partial charge in [-0.1, -0.05) is 23.7 Å². The molecule has 170 valence electrons. The van der Waals surface area contributed by atoms with E-state index in [4.69, 9.17) is 16.3 Å². The normalized spacial score (nSPS) is 20.5. The lowest BCUT2D eigenvalue weighted by Gasteiger charge is -2.30. The molecule has 1 N–H and O–H groups in total. The highest BCUT2D eigenvalue weighted by Gasteiger charge is 2.25. The highest BCUT2D eigenvalue weighted by Crippen LogP contribution is 2.34. The largest absolute Gasteiger partial charge is 0.376 e. The lowest BCUT2D eigenvalue weighted by molar-refractivity contribution is 0.00734. The van der Waals surface area contributed by atoms with Gasteiger partial charge in [0.15, 0.2) is 0 Å². The Balaban J connectivity index is 1.65. The summed E-state index contributed by atoms with van der Waals surface area (Å²) in [6.45, 7) is 1.87. The fraction of sp³-hybridized carbons (Fsp3) is 0.500. The summed E-state index contributed by atoms with van der Waals surface area (Å²) in [4.78, 5) is 12.6. The number of sulfonamides is 1. The minimum atomic E-state index is -3.43. The number of aryl methyl sites for hydroxylation is 1. The van der Waals surface area contributed by atoms with Crippen molar-refractivity contribution < 1.29 is 17.5 Å². The van der Waals surface area contributed by atoms with Gasteiger partial charge in [-0.3, -0.25) is 4.79 Å². The first-order chi connectivity index (χ1) is 14.6. The molecule has 3 rings (SSSR count). The highest BCUT2D eigenvalue weighted by atomic mass is 35.5. The van der Waals surface area contributed by atoms with Crippen LogP contribution in [0.4, 0.5) is 4.39 Å². The van der Waals surface area contributed by atoms with Gasteiger partial charge in [0.05, 0.1) is 30.0 Å². The molecule has 0 bridgehead atoms. The number of hydrogen-bond donors (Lipinski definition) is 1. The molecule has 1 aliphatic rings. The van der Waals surface area contributed by atoms with Gasteiger partial charge in [0, 0.05) is 18.3 Å². The molecule has 1 aliphatic carbocycles. The first-order valence-electron chi connectivity index (χ1n) is 10.3. The highest BCUT2D eigenvalue weighted by molar-refractivity contribution is 7.88. The lowest BCUT2D eigenvalue weighted by atomic mass is 9.83. The molecule has 31 heavy (non-hydrogen) atoms. The summed E-state index contributed by atoms with van der Waals surface area (Å²) in [5, 5.41) is 0.400. The van der Waals surface area contributed by atoms with Crippen LogP contribution in [0, 0.1) is 12.7 Å². The molecule has 1 aromatic carbocycles. The van der Waals surface area contributed by atoms with Crippen molar-refractivity contribution in [2.75, 3.05) is 19.4 Å². The van der Waals surface area contributed by atoms with Gasteiger partial charge in [-0.15, -0.1) is 0 Å². The van der Waals surface area contributed by atoms with Crippen LogP contribution in [0.3, 0.4) is 0 Å². The maximum absolute atomic E-state index is 13.5. The van der Waals surface area contributed by atoms with Crippen LogP contribution in [0.15, 0.2) is 41.3 Å². The molecular formula is C22H28ClFN2O4S. The summed E-state index contributed by atoms with van der Waals surface area (Å²) in [6, 6.07) is 7.78. The zero-order valence-electron chi connectivity index (χ0n) is 17.7. The van der Waals surface area contributed by atoms with E-state index in [1.807, 2.05) is 6.07 Å². The molecule has 0 saturated heterocycles. The quantitative estimate of drug-likeness (QED) is 0.636. The van der Waals surface area contributed by atoms with Crippen LogP contribution in [0.1, 0.15) is 48.8 Å². The molecule has 0 aliphatic heterocycles. The number of hydrogen-bond acceptors (Lipinski definition) is 4. The van der Waals surface area contributed by atoms with E-state index >= 15 is 0 Å². The van der Waals surface area contributed by atoms with Crippen molar-refractivity contribution in [1.29, 1.82) is 0 Å². The Morgan fingerprint density at radius 3 is 2.61 bits per heavy atom. The second kappa shape index (κ2) is 10.3. The van der Waals surface area contributed by atoms with Crippen LogP contribution in [0.25, 0.3) is 0 Å². The van der Waals surface area contributed by atoms with Crippen molar-refractivity contribution in [3.63, 3.8) is 0 Å². The van der Waals surface area contributed by atoms with Crippen molar-refractivity contribution >= 4 is 21.6 Å². The molecule has 6 nitrogen and oxygen atoms in total. The summed E-state index contributed by atoms with van der Waals surface area (Å²) >= 11 is 6.12. The SMILES string of the molecule is Cc1cc(Cl)cn([C@H](CNS(C)(=O)=O)CO[C@H]2CC[C@@H](c3cccc(F)c3)CC2)c1=O. The average Bonchev–Trinajstić information content (AvgIpc) is 2.71. The number of nitrogens with zero attached hydrogens (tertiary/aromatic N) is 1. The van der Waals surface area contributed by atoms with E-state index < -0.39 is 16.1 Å². The minimum Gasteiger partial charge on any atom is -0.376 e. The predicted octanol–water partition coefficient (Wildman–Crippen LogP) is 3.78. The number of halogens is 2. The monoisotopic (exact) mass is 470 g/mol. The number of pyridine rings is 1. The second-order valence-electron chi connectivity index (χ2n) is 8.19. The Morgan fingerprint density at radius 1 is 1.26 bits per heavy atom. The third-order valence-corrected chi connectivity index (χ3v) is 6.58. The third-order valence-electron chi connectivity index (χ3n) is 5.68. The lowest BCUT2D eigenvalue weighted by Crippen LogP contribution is -2.38. The van der Waals surface area contributed by atoms with Crippen LogP contribution in [-0.4, -0.2) is 38.5 Å². The van der Waals surface area contributed by atoms with E-state index in [2.05, 4.69) is 4.72 Å². The van der Waals surface area contributed by atoms with E-state index in [1.165, 1.54) is 16.8 Å². The van der Waals surface area contributed by atoms with Crippen LogP contribution >= 0.6 is 11.6 Å². The van der Waals surface area contributed by atoms with Crippen molar-refractivity contribution in [2.24, 2.45) is 0 Å². The van der Waals surface area contributed by atoms with Crippen LogP contribution in [0.2, 0.25) is 5.02 Å². The van der Waals surface area contributed by atoms with Gasteiger partial charge in [-0.05, 0) is 62.3 Å². The zero-order valence-corrected chi connectivity index (χ0v) is 19.3. The van der Waals surface area contributed by atoms with E-state index in [0.717, 1.165) is 37.5 Å². The van der Waals surface area contributed by atoms with Gasteiger partial charge < -0.3 is 9.30 Å². The molecule has 9 heteroatoms. The molecular weight excluding hydrogens is 443 g/mol. The van der Waals surface area contributed by atoms with E-state index in [-0.39, 0.29) is 30.6 Å². The molecule has 0 spiro atoms. The number of aromatic nitrogens is 1. The molecule has 0 unspecified atom stereocenters. The Kier molecular flexibility index (Phi) is 7.91. The fourth-order valence-electron chi connectivity index (χ4n) is 4.03. The number of nitrogens with one attached hydrogen (secondary N) is 1. The summed E-state index contributed by atoms with van der Waals surface area (Å²) in [7, 11) is -3.43. The zero-order chi connectivity index (χ0) is 22.6. The summed E-state index contributed by atoms with van der Waals surface area (Å²) in [5.74, 6) is 0.0794. The van der Waals surface area contributed by atoms with Crippen molar-refractivity contribution in [2.45, 2.75) is 50.7 Å². The number of rotatable bonds is 8. The van der Waals surface area contributed by atoms with E-state index in [1.54, 1.807) is 25.1 Å². The average molecular weight is 471 g/mol. The first kappa shape index (κ1) is 23.9. The Bertz CT molecular complexity index is 1070. The topological polar surface area (TPSA) is 77.4 Å². The minimum absolute atomic E-state index is 0.00141. The molecule has 2 aromatic rings. The summed E-state index contributed by atoms with van der Waals surface area (Å²) in [6.07, 6.45) is 5.99. The van der Waals surface area contributed by atoms with Crippen molar-refractivity contribution in [3.8, 4) is 0 Å². The van der Waals surface area contributed by atoms with E-state index in [0.29, 0.717) is 16.5 Å². The Hall–Kier alpha value is -1.74. The van der Waals surface area contributed by atoms with Gasteiger partial charge in [0.2, 0.25) is 10.0 Å². The predicted molar refractivity (Wildman–Crippen MR) is 120 cm³/mol. The van der Waals surface area contributed by atoms with Gasteiger partial charge in [-0.25, -0.2) is 17.5 Å². The van der Waals surface area contributed by atoms with Gasteiger partial charge in [0.25, 0.3) is 5.56 Å². The fourth-order valence-corrected chi connectivity index (χ4v) is 4.79. The second-order valence-corrected chi connectivity index (χ2v) is 10.5. The Morgan fingerprint density at radius 2 is 1.97 bits per heavy atom. The first-order valence-corrected chi connectivity index (χ1v) is 12.6. The van der Waals surface area contributed by atoms with Gasteiger partial charge >= 0.3 is 0 Å². The van der Waals surface area contributed by atoms with Crippen molar-refractivity contribution in [3.05, 3.63) is 68.8 Å². The summed E-state index contributed by atoms with van der Waals surface area (Å²) < 4.78 is 46.7.